The topological polar surface area (TPSA) is 40.6 Å². The molecular weight excluding hydrogens is 170 g/mol. The van der Waals surface area contributed by atoms with Gasteiger partial charge in [0.2, 0.25) is 5.88 Å². The molecule has 72 valence electrons. The number of aryl methyl sites for hydroxylation is 1. The average Bonchev–Trinajstić information content (AvgIpc) is 2.16. The van der Waals surface area contributed by atoms with Gasteiger partial charge in [-0.2, -0.15) is 0 Å². The summed E-state index contributed by atoms with van der Waals surface area (Å²) in [7, 11) is 3.16. The molecule has 0 N–H and O–H groups in total. The highest BCUT2D eigenvalue weighted by molar-refractivity contribution is 5.33. The second-order valence-electron chi connectivity index (χ2n) is 2.54. The van der Waals surface area contributed by atoms with Crippen molar-refractivity contribution in [1.29, 1.82) is 0 Å². The minimum atomic E-state index is 0.231. The summed E-state index contributed by atoms with van der Waals surface area (Å²) < 4.78 is 15.0. The third kappa shape index (κ3) is 2.59. The highest BCUT2D eigenvalue weighted by atomic mass is 16.7. The van der Waals surface area contributed by atoms with E-state index in [1.165, 1.54) is 0 Å². The second-order valence-corrected chi connectivity index (χ2v) is 2.54. The zero-order valence-electron chi connectivity index (χ0n) is 8.03. The van der Waals surface area contributed by atoms with E-state index < -0.39 is 0 Å². The Morgan fingerprint density at radius 3 is 2.69 bits per heavy atom. The van der Waals surface area contributed by atoms with Crippen LogP contribution in [0.4, 0.5) is 0 Å². The van der Waals surface area contributed by atoms with Crippen molar-refractivity contribution >= 4 is 0 Å². The minimum Gasteiger partial charge on any atom is -0.481 e. The van der Waals surface area contributed by atoms with Gasteiger partial charge in [0.15, 0.2) is 6.79 Å². The van der Waals surface area contributed by atoms with E-state index in [-0.39, 0.29) is 6.79 Å². The van der Waals surface area contributed by atoms with E-state index in [0.717, 1.165) is 5.56 Å². The standard InChI is InChI=1S/C9H13NO3/c1-7-4-9(12-3)10-5-8(7)13-6-11-2/h4-5H,6H2,1-3H3. The molecule has 0 fully saturated rings. The van der Waals surface area contributed by atoms with Gasteiger partial charge in [-0.1, -0.05) is 0 Å². The molecule has 1 aromatic rings. The van der Waals surface area contributed by atoms with Gasteiger partial charge in [0.05, 0.1) is 13.3 Å². The molecule has 0 aliphatic carbocycles. The fourth-order valence-electron chi connectivity index (χ4n) is 0.903. The van der Waals surface area contributed by atoms with Crippen LogP contribution in [-0.4, -0.2) is 26.0 Å². The molecule has 0 aliphatic heterocycles. The number of rotatable bonds is 4. The van der Waals surface area contributed by atoms with Crippen molar-refractivity contribution in [2.24, 2.45) is 0 Å². The first kappa shape index (κ1) is 9.80. The lowest BCUT2D eigenvalue weighted by Gasteiger charge is -2.07. The summed E-state index contributed by atoms with van der Waals surface area (Å²) in [5, 5.41) is 0. The molecule has 13 heavy (non-hydrogen) atoms. The van der Waals surface area contributed by atoms with Crippen LogP contribution in [0.1, 0.15) is 5.56 Å². The monoisotopic (exact) mass is 183 g/mol. The Hall–Kier alpha value is -1.29. The molecule has 0 unspecified atom stereocenters. The van der Waals surface area contributed by atoms with E-state index in [0.29, 0.717) is 11.6 Å². The molecule has 0 saturated carbocycles. The molecular formula is C9H13NO3. The number of nitrogens with zero attached hydrogens (tertiary/aromatic N) is 1. The normalized spacial score (nSPS) is 9.77. The largest absolute Gasteiger partial charge is 0.481 e. The van der Waals surface area contributed by atoms with Gasteiger partial charge in [-0.15, -0.1) is 0 Å². The molecule has 0 spiro atoms. The zero-order chi connectivity index (χ0) is 9.68. The van der Waals surface area contributed by atoms with Crippen LogP contribution in [0.15, 0.2) is 12.3 Å². The summed E-state index contributed by atoms with van der Waals surface area (Å²) in [4.78, 5) is 4.01. The fraction of sp³-hybridized carbons (Fsp3) is 0.444. The second kappa shape index (κ2) is 4.67. The van der Waals surface area contributed by atoms with Crippen LogP contribution in [0, 0.1) is 6.92 Å². The number of aromatic nitrogens is 1. The molecule has 0 aliphatic rings. The van der Waals surface area contributed by atoms with Crippen LogP contribution in [0.25, 0.3) is 0 Å². The van der Waals surface area contributed by atoms with E-state index in [9.17, 15) is 0 Å². The molecule has 4 heteroatoms. The summed E-state index contributed by atoms with van der Waals surface area (Å²) in [6.45, 7) is 2.16. The van der Waals surface area contributed by atoms with Crippen molar-refractivity contribution < 1.29 is 14.2 Å². The van der Waals surface area contributed by atoms with Gasteiger partial charge in [-0.25, -0.2) is 4.98 Å². The van der Waals surface area contributed by atoms with Crippen molar-refractivity contribution in [3.8, 4) is 11.6 Å². The Balaban J connectivity index is 2.73. The third-order valence-corrected chi connectivity index (χ3v) is 1.58. The lowest BCUT2D eigenvalue weighted by atomic mass is 10.3. The molecule has 1 rings (SSSR count). The molecule has 0 saturated heterocycles. The van der Waals surface area contributed by atoms with E-state index in [1.807, 2.05) is 13.0 Å². The summed E-state index contributed by atoms with van der Waals surface area (Å²) >= 11 is 0. The predicted molar refractivity (Wildman–Crippen MR) is 48.0 cm³/mol. The van der Waals surface area contributed by atoms with Gasteiger partial charge in [0.1, 0.15) is 5.75 Å². The minimum absolute atomic E-state index is 0.231. The van der Waals surface area contributed by atoms with Crippen LogP contribution in [0.5, 0.6) is 11.6 Å². The number of hydrogen-bond acceptors (Lipinski definition) is 4. The highest BCUT2D eigenvalue weighted by Crippen LogP contribution is 2.19. The summed E-state index contributed by atoms with van der Waals surface area (Å²) in [5.74, 6) is 1.30. The number of pyridine rings is 1. The van der Waals surface area contributed by atoms with Gasteiger partial charge >= 0.3 is 0 Å². The van der Waals surface area contributed by atoms with E-state index in [2.05, 4.69) is 4.98 Å². The predicted octanol–water partition coefficient (Wildman–Crippen LogP) is 1.38. The van der Waals surface area contributed by atoms with Crippen molar-refractivity contribution in [3.05, 3.63) is 17.8 Å². The molecule has 1 heterocycles. The Kier molecular flexibility index (Phi) is 3.52. The quantitative estimate of drug-likeness (QED) is 0.661. The van der Waals surface area contributed by atoms with Crippen molar-refractivity contribution in [1.82, 2.24) is 4.98 Å². The summed E-state index contributed by atoms with van der Waals surface area (Å²) in [5.41, 5.74) is 0.976. The van der Waals surface area contributed by atoms with E-state index in [1.54, 1.807) is 20.4 Å². The first-order valence-electron chi connectivity index (χ1n) is 3.90. The van der Waals surface area contributed by atoms with Gasteiger partial charge < -0.3 is 14.2 Å². The van der Waals surface area contributed by atoms with Crippen LogP contribution < -0.4 is 9.47 Å². The van der Waals surface area contributed by atoms with Crippen LogP contribution in [0.3, 0.4) is 0 Å². The van der Waals surface area contributed by atoms with Crippen molar-refractivity contribution in [3.63, 3.8) is 0 Å². The molecule has 0 aromatic carbocycles. The first-order chi connectivity index (χ1) is 6.27. The van der Waals surface area contributed by atoms with Crippen LogP contribution >= 0.6 is 0 Å². The SMILES string of the molecule is COCOc1cnc(OC)cc1C. The number of methoxy groups -OCH3 is 2. The van der Waals surface area contributed by atoms with E-state index >= 15 is 0 Å². The maximum atomic E-state index is 5.25. The molecule has 0 amide bonds. The highest BCUT2D eigenvalue weighted by Gasteiger charge is 2.01. The first-order valence-corrected chi connectivity index (χ1v) is 3.90. The van der Waals surface area contributed by atoms with Crippen molar-refractivity contribution in [2.45, 2.75) is 6.92 Å². The lowest BCUT2D eigenvalue weighted by molar-refractivity contribution is 0.0503. The third-order valence-electron chi connectivity index (χ3n) is 1.58. The maximum Gasteiger partial charge on any atom is 0.213 e. The Labute approximate surface area is 77.5 Å². The van der Waals surface area contributed by atoms with Crippen molar-refractivity contribution in [2.75, 3.05) is 21.0 Å². The Bertz CT molecular complexity index is 276. The van der Waals surface area contributed by atoms with E-state index in [4.69, 9.17) is 14.2 Å². The van der Waals surface area contributed by atoms with Gasteiger partial charge in [0.25, 0.3) is 0 Å². The smallest absolute Gasteiger partial charge is 0.213 e. The molecule has 0 radical (unpaired) electrons. The molecule has 4 nitrogen and oxygen atoms in total. The maximum absolute atomic E-state index is 5.25. The Morgan fingerprint density at radius 2 is 2.15 bits per heavy atom. The summed E-state index contributed by atoms with van der Waals surface area (Å²) in [6, 6.07) is 1.81. The van der Waals surface area contributed by atoms with Crippen LogP contribution in [0.2, 0.25) is 0 Å². The van der Waals surface area contributed by atoms with Gasteiger partial charge in [0, 0.05) is 13.2 Å². The van der Waals surface area contributed by atoms with Crippen LogP contribution in [-0.2, 0) is 4.74 Å². The number of hydrogen-bond donors (Lipinski definition) is 0. The summed E-state index contributed by atoms with van der Waals surface area (Å²) in [6.07, 6.45) is 1.62. The molecule has 0 atom stereocenters. The Morgan fingerprint density at radius 1 is 1.38 bits per heavy atom. The zero-order valence-corrected chi connectivity index (χ0v) is 8.03. The molecule has 1 aromatic heterocycles. The lowest BCUT2D eigenvalue weighted by Crippen LogP contribution is -2.01. The fourth-order valence-corrected chi connectivity index (χ4v) is 0.903. The van der Waals surface area contributed by atoms with Gasteiger partial charge in [-0.05, 0) is 12.5 Å². The number of ether oxygens (including phenoxy) is 3. The average molecular weight is 183 g/mol. The molecule has 0 bridgehead atoms. The van der Waals surface area contributed by atoms with Gasteiger partial charge in [-0.3, -0.25) is 0 Å².